The van der Waals surface area contributed by atoms with Crippen LogP contribution in [0.2, 0.25) is 0 Å². The predicted molar refractivity (Wildman–Crippen MR) is 92.5 cm³/mol. The largest absolute Gasteiger partial charge is 0.497 e. The minimum absolute atomic E-state index is 0. The fourth-order valence-electron chi connectivity index (χ4n) is 2.40. The molecule has 1 aromatic carbocycles. The van der Waals surface area contributed by atoms with Crippen molar-refractivity contribution < 1.29 is 9.15 Å². The molecule has 0 aliphatic carbocycles. The number of rotatable bonds is 4. The van der Waals surface area contributed by atoms with Gasteiger partial charge >= 0.3 is 0 Å². The Morgan fingerprint density at radius 1 is 1.27 bits per heavy atom. The average Bonchev–Trinajstić information content (AvgIpc) is 2.97. The second kappa shape index (κ2) is 8.88. The number of oxazole rings is 1. The van der Waals surface area contributed by atoms with E-state index in [0.29, 0.717) is 12.1 Å². The molecule has 2 heterocycles. The Kier molecular flexibility index (Phi) is 7.51. The topological polar surface area (TPSA) is 59.3 Å². The van der Waals surface area contributed by atoms with Crippen LogP contribution < -0.4 is 15.4 Å². The zero-order valence-corrected chi connectivity index (χ0v) is 14.0. The Morgan fingerprint density at radius 3 is 2.77 bits per heavy atom. The highest BCUT2D eigenvalue weighted by Crippen LogP contribution is 2.25. The van der Waals surface area contributed by atoms with Crippen molar-refractivity contribution in [2.75, 3.05) is 25.5 Å². The molecular weight excluding hydrogens is 325 g/mol. The SMILES string of the molecule is COc1cccc(-c2coc(NC3CCNCC3)n2)c1.Cl.Cl. The van der Waals surface area contributed by atoms with Gasteiger partial charge in [-0.15, -0.1) is 24.8 Å². The van der Waals surface area contributed by atoms with E-state index in [1.54, 1.807) is 13.4 Å². The summed E-state index contributed by atoms with van der Waals surface area (Å²) in [4.78, 5) is 4.50. The maximum atomic E-state index is 5.51. The molecule has 0 spiro atoms. The van der Waals surface area contributed by atoms with Gasteiger partial charge in [-0.3, -0.25) is 0 Å². The molecule has 1 aromatic heterocycles. The normalized spacial score (nSPS) is 14.6. The molecule has 1 aliphatic heterocycles. The molecule has 1 saturated heterocycles. The number of aromatic nitrogens is 1. The number of piperidine rings is 1. The Morgan fingerprint density at radius 2 is 2.05 bits per heavy atom. The van der Waals surface area contributed by atoms with Crippen LogP contribution in [0.5, 0.6) is 5.75 Å². The van der Waals surface area contributed by atoms with Gasteiger partial charge in [-0.25, -0.2) is 0 Å². The van der Waals surface area contributed by atoms with Crippen molar-refractivity contribution in [3.63, 3.8) is 0 Å². The highest BCUT2D eigenvalue weighted by Gasteiger charge is 2.15. The zero-order chi connectivity index (χ0) is 13.8. The Labute approximate surface area is 142 Å². The summed E-state index contributed by atoms with van der Waals surface area (Å²) in [7, 11) is 1.66. The molecule has 0 bridgehead atoms. The Bertz CT molecular complexity index is 571. The molecule has 122 valence electrons. The van der Waals surface area contributed by atoms with Crippen molar-refractivity contribution in [1.29, 1.82) is 0 Å². The van der Waals surface area contributed by atoms with Crippen molar-refractivity contribution in [1.82, 2.24) is 10.3 Å². The van der Waals surface area contributed by atoms with Crippen molar-refractivity contribution in [2.24, 2.45) is 0 Å². The van der Waals surface area contributed by atoms with Gasteiger partial charge in [0.2, 0.25) is 0 Å². The Hall–Kier alpha value is -1.43. The van der Waals surface area contributed by atoms with E-state index in [-0.39, 0.29) is 24.8 Å². The lowest BCUT2D eigenvalue weighted by molar-refractivity contribution is 0.415. The number of ether oxygens (including phenoxy) is 1. The summed E-state index contributed by atoms with van der Waals surface area (Å²) in [5, 5.41) is 6.69. The first kappa shape index (κ1) is 18.6. The lowest BCUT2D eigenvalue weighted by Gasteiger charge is -2.22. The van der Waals surface area contributed by atoms with Crippen molar-refractivity contribution >= 4 is 30.8 Å². The molecule has 3 rings (SSSR count). The quantitative estimate of drug-likeness (QED) is 0.889. The number of anilines is 1. The summed E-state index contributed by atoms with van der Waals surface area (Å²) in [5.74, 6) is 0.818. The van der Waals surface area contributed by atoms with Crippen molar-refractivity contribution in [3.8, 4) is 17.0 Å². The number of halogens is 2. The predicted octanol–water partition coefficient (Wildman–Crippen LogP) is 3.36. The minimum Gasteiger partial charge on any atom is -0.497 e. The van der Waals surface area contributed by atoms with Crippen LogP contribution in [0.25, 0.3) is 11.3 Å². The van der Waals surface area contributed by atoms with Gasteiger partial charge in [-0.05, 0) is 38.1 Å². The standard InChI is InChI=1S/C15H19N3O2.2ClH/c1-19-13-4-2-3-11(9-13)14-10-20-15(18-14)17-12-5-7-16-8-6-12;;/h2-4,9-10,12,16H,5-8H2,1H3,(H,17,18);2*1H. The van der Waals surface area contributed by atoms with Crippen molar-refractivity contribution in [2.45, 2.75) is 18.9 Å². The molecular formula is C15H21Cl2N3O2. The number of hydrogen-bond acceptors (Lipinski definition) is 5. The van der Waals surface area contributed by atoms with Gasteiger partial charge in [0.05, 0.1) is 7.11 Å². The van der Waals surface area contributed by atoms with Gasteiger partial charge < -0.3 is 19.8 Å². The molecule has 1 aliphatic rings. The van der Waals surface area contributed by atoms with Gasteiger partial charge in [-0.2, -0.15) is 4.98 Å². The third kappa shape index (κ3) is 4.53. The molecule has 0 saturated carbocycles. The smallest absolute Gasteiger partial charge is 0.295 e. The average molecular weight is 346 g/mol. The second-order valence-corrected chi connectivity index (χ2v) is 4.94. The van der Waals surface area contributed by atoms with Gasteiger partial charge in [0.1, 0.15) is 17.7 Å². The number of nitrogens with zero attached hydrogens (tertiary/aromatic N) is 1. The molecule has 22 heavy (non-hydrogen) atoms. The fourth-order valence-corrected chi connectivity index (χ4v) is 2.40. The molecule has 2 aromatic rings. The molecule has 1 fully saturated rings. The fraction of sp³-hybridized carbons (Fsp3) is 0.400. The maximum absolute atomic E-state index is 5.51. The summed E-state index contributed by atoms with van der Waals surface area (Å²) in [6.07, 6.45) is 3.87. The zero-order valence-electron chi connectivity index (χ0n) is 12.4. The van der Waals surface area contributed by atoms with E-state index in [9.17, 15) is 0 Å². The van der Waals surface area contributed by atoms with E-state index < -0.39 is 0 Å². The maximum Gasteiger partial charge on any atom is 0.295 e. The van der Waals surface area contributed by atoms with Gasteiger partial charge in [0.15, 0.2) is 0 Å². The van der Waals surface area contributed by atoms with E-state index >= 15 is 0 Å². The molecule has 0 amide bonds. The van der Waals surface area contributed by atoms with E-state index in [4.69, 9.17) is 9.15 Å². The van der Waals surface area contributed by atoms with E-state index in [1.807, 2.05) is 24.3 Å². The van der Waals surface area contributed by atoms with Crippen LogP contribution in [0.4, 0.5) is 6.01 Å². The van der Waals surface area contributed by atoms with E-state index in [2.05, 4.69) is 15.6 Å². The third-order valence-electron chi connectivity index (χ3n) is 3.54. The second-order valence-electron chi connectivity index (χ2n) is 4.94. The number of methoxy groups -OCH3 is 1. The monoisotopic (exact) mass is 345 g/mol. The molecule has 5 nitrogen and oxygen atoms in total. The third-order valence-corrected chi connectivity index (χ3v) is 3.54. The summed E-state index contributed by atoms with van der Waals surface area (Å²) in [6.45, 7) is 2.09. The minimum atomic E-state index is 0. The first-order valence-electron chi connectivity index (χ1n) is 6.92. The number of nitrogens with one attached hydrogen (secondary N) is 2. The molecule has 0 unspecified atom stereocenters. The van der Waals surface area contributed by atoms with Gasteiger partial charge in [-0.1, -0.05) is 12.1 Å². The van der Waals surface area contributed by atoms with Gasteiger partial charge in [0.25, 0.3) is 6.01 Å². The van der Waals surface area contributed by atoms with Crippen LogP contribution >= 0.6 is 24.8 Å². The summed E-state index contributed by atoms with van der Waals surface area (Å²) < 4.78 is 10.7. The molecule has 0 atom stereocenters. The Balaban J connectivity index is 0.00000121. The van der Waals surface area contributed by atoms with Crippen LogP contribution in [0, 0.1) is 0 Å². The molecule has 7 heteroatoms. The lowest BCUT2D eigenvalue weighted by Crippen LogP contribution is -2.35. The van der Waals surface area contributed by atoms with Crippen LogP contribution in [-0.4, -0.2) is 31.2 Å². The van der Waals surface area contributed by atoms with Crippen molar-refractivity contribution in [3.05, 3.63) is 30.5 Å². The summed E-state index contributed by atoms with van der Waals surface area (Å²) in [6, 6.07) is 8.84. The highest BCUT2D eigenvalue weighted by molar-refractivity contribution is 5.85. The number of benzene rings is 1. The number of hydrogen-bond donors (Lipinski definition) is 2. The first-order chi connectivity index (χ1) is 9.85. The van der Waals surface area contributed by atoms with E-state index in [1.165, 1.54) is 0 Å². The first-order valence-corrected chi connectivity index (χ1v) is 6.92. The van der Waals surface area contributed by atoms with Crippen LogP contribution in [0.3, 0.4) is 0 Å². The van der Waals surface area contributed by atoms with Crippen LogP contribution in [-0.2, 0) is 0 Å². The van der Waals surface area contributed by atoms with E-state index in [0.717, 1.165) is 42.9 Å². The molecule has 0 radical (unpaired) electrons. The van der Waals surface area contributed by atoms with Crippen LogP contribution in [0.15, 0.2) is 34.9 Å². The lowest BCUT2D eigenvalue weighted by atomic mass is 10.1. The summed E-state index contributed by atoms with van der Waals surface area (Å²) in [5.41, 5.74) is 1.81. The summed E-state index contributed by atoms with van der Waals surface area (Å²) >= 11 is 0. The molecule has 2 N–H and O–H groups in total. The van der Waals surface area contributed by atoms with Crippen LogP contribution in [0.1, 0.15) is 12.8 Å². The highest BCUT2D eigenvalue weighted by atomic mass is 35.5. The van der Waals surface area contributed by atoms with Gasteiger partial charge in [0, 0.05) is 11.6 Å².